The summed E-state index contributed by atoms with van der Waals surface area (Å²) in [5.74, 6) is 0.577. The molecule has 0 unspecified atom stereocenters. The fourth-order valence-corrected chi connectivity index (χ4v) is 3.18. The van der Waals surface area contributed by atoms with E-state index in [0.29, 0.717) is 17.0 Å². The Morgan fingerprint density at radius 3 is 2.32 bits per heavy atom. The van der Waals surface area contributed by atoms with Crippen LogP contribution in [-0.2, 0) is 0 Å². The second-order valence-corrected chi connectivity index (χ2v) is 7.45. The highest BCUT2D eigenvalue weighted by Crippen LogP contribution is 2.23. The van der Waals surface area contributed by atoms with Crippen LogP contribution in [0.5, 0.6) is 0 Å². The molecule has 31 heavy (non-hydrogen) atoms. The number of nitrogens with zero attached hydrogens (tertiary/aromatic N) is 7. The van der Waals surface area contributed by atoms with Crippen LogP contribution >= 0.6 is 0 Å². The van der Waals surface area contributed by atoms with Crippen LogP contribution in [-0.4, -0.2) is 86.1 Å². The molecule has 2 N–H and O–H groups in total. The Kier molecular flexibility index (Phi) is 6.29. The maximum absolute atomic E-state index is 10.7. The Morgan fingerprint density at radius 1 is 1.00 bits per heavy atom. The molecule has 1 aromatic carbocycles. The lowest BCUT2D eigenvalue weighted by molar-refractivity contribution is 0.112. The van der Waals surface area contributed by atoms with Crippen LogP contribution in [0.15, 0.2) is 49.2 Å². The van der Waals surface area contributed by atoms with Gasteiger partial charge in [0.05, 0.1) is 18.1 Å². The summed E-state index contributed by atoms with van der Waals surface area (Å²) in [6, 6.07) is 7.08. The summed E-state index contributed by atoms with van der Waals surface area (Å²) in [6.45, 7) is 4.93. The number of anilines is 2. The third-order valence-electron chi connectivity index (χ3n) is 5.13. The molecule has 0 spiro atoms. The number of benzene rings is 1. The monoisotopic (exact) mass is 419 g/mol. The van der Waals surface area contributed by atoms with E-state index in [2.05, 4.69) is 54.5 Å². The van der Waals surface area contributed by atoms with Gasteiger partial charge in [0.2, 0.25) is 0 Å². The molecule has 3 aromatic heterocycles. The number of hydrogen-bond donors (Lipinski definition) is 2. The lowest BCUT2D eigenvalue weighted by atomic mass is 10.2. The number of nitrogens with one attached hydrogen (secondary N) is 2. The van der Waals surface area contributed by atoms with Gasteiger partial charge in [0.1, 0.15) is 12.6 Å². The normalized spacial score (nSPS) is 14.8. The van der Waals surface area contributed by atoms with Crippen LogP contribution in [0, 0.1) is 0 Å². The van der Waals surface area contributed by atoms with E-state index in [-0.39, 0.29) is 0 Å². The van der Waals surface area contributed by atoms with Crippen molar-refractivity contribution in [1.29, 1.82) is 0 Å². The number of H-pyrrole nitrogens is 1. The van der Waals surface area contributed by atoms with Crippen molar-refractivity contribution in [1.82, 2.24) is 39.6 Å². The third kappa shape index (κ3) is 4.93. The Hall–Kier alpha value is -3.63. The van der Waals surface area contributed by atoms with Crippen molar-refractivity contribution in [3.8, 4) is 11.3 Å². The fraction of sp³-hybridized carbons (Fsp3) is 0.286. The molecule has 1 aliphatic heterocycles. The molecule has 0 amide bonds. The topological polar surface area (TPSA) is 107 Å². The molecule has 10 nitrogen and oxygen atoms in total. The zero-order valence-electron chi connectivity index (χ0n) is 17.6. The zero-order valence-corrected chi connectivity index (χ0v) is 17.6. The summed E-state index contributed by atoms with van der Waals surface area (Å²) in [7, 11) is 4.35. The molecule has 1 fully saturated rings. The van der Waals surface area contributed by atoms with Crippen LogP contribution in [0.1, 0.15) is 10.4 Å². The van der Waals surface area contributed by atoms with Crippen molar-refractivity contribution >= 4 is 23.4 Å². The van der Waals surface area contributed by atoms with E-state index in [0.717, 1.165) is 23.2 Å². The first-order valence-electron chi connectivity index (χ1n) is 10.0. The number of aromatic amines is 1. The zero-order chi connectivity index (χ0) is 21.6. The van der Waals surface area contributed by atoms with Gasteiger partial charge >= 0.3 is 0 Å². The summed E-state index contributed by atoms with van der Waals surface area (Å²) >= 11 is 0. The first kappa shape index (κ1) is 20.6. The maximum Gasteiger partial charge on any atom is 0.199 e. The number of aromatic nitrogens is 6. The molecule has 0 bridgehead atoms. The van der Waals surface area contributed by atoms with E-state index in [1.165, 1.54) is 32.5 Å². The van der Waals surface area contributed by atoms with Crippen LogP contribution in [0.2, 0.25) is 0 Å². The largest absolute Gasteiger partial charge is 0.337 e. The molecule has 4 aromatic rings. The van der Waals surface area contributed by atoms with Crippen molar-refractivity contribution in [2.75, 3.05) is 45.6 Å². The molecule has 160 valence electrons. The van der Waals surface area contributed by atoms with E-state index in [9.17, 15) is 4.79 Å². The Labute approximate surface area is 179 Å². The molecular formula is C21H25N9O. The first-order chi connectivity index (χ1) is 15.1. The summed E-state index contributed by atoms with van der Waals surface area (Å²) < 4.78 is 1.69. The first-order valence-corrected chi connectivity index (χ1v) is 10.0. The van der Waals surface area contributed by atoms with Gasteiger partial charge in [-0.15, -0.1) is 0 Å². The Bertz CT molecular complexity index is 1100. The van der Waals surface area contributed by atoms with Crippen LogP contribution < -0.4 is 5.32 Å². The van der Waals surface area contributed by atoms with Crippen LogP contribution in [0.4, 0.5) is 11.5 Å². The molecule has 10 heteroatoms. The maximum atomic E-state index is 10.7. The summed E-state index contributed by atoms with van der Waals surface area (Å²) in [6.07, 6.45) is 7.45. The third-order valence-corrected chi connectivity index (χ3v) is 5.13. The molecule has 5 rings (SSSR count). The SMILES string of the molecule is CN1CCN(C)CC1.O=Cc1ccc(Nc2ncc(-c3cn[nH]c3)n3ncnc23)cc1. The fourth-order valence-electron chi connectivity index (χ4n) is 3.18. The van der Waals surface area contributed by atoms with Crippen molar-refractivity contribution in [2.24, 2.45) is 0 Å². The number of carbonyl (C=O) groups excluding carboxylic acids is 1. The minimum Gasteiger partial charge on any atom is -0.337 e. The van der Waals surface area contributed by atoms with E-state index in [1.54, 1.807) is 35.2 Å². The van der Waals surface area contributed by atoms with Crippen molar-refractivity contribution in [2.45, 2.75) is 0 Å². The standard InChI is InChI=1S/C15H11N7O.C6H14N2/c23-8-10-1-3-12(4-2-10)21-14-15-17-9-20-22(15)13(7-16-14)11-5-18-19-6-11;1-7-3-5-8(2)6-4-7/h1-9H,(H,16,21)(H,18,19);3-6H2,1-2H3. The minimum atomic E-state index is 0.577. The molecule has 1 aliphatic rings. The van der Waals surface area contributed by atoms with Crippen LogP contribution in [0.25, 0.3) is 16.9 Å². The number of likely N-dealkylation sites (N-methyl/N-ethyl adjacent to an activating group) is 2. The smallest absolute Gasteiger partial charge is 0.199 e. The quantitative estimate of drug-likeness (QED) is 0.483. The lowest BCUT2D eigenvalue weighted by Crippen LogP contribution is -2.42. The summed E-state index contributed by atoms with van der Waals surface area (Å²) in [4.78, 5) is 24.1. The van der Waals surface area contributed by atoms with Gasteiger partial charge in [-0.1, -0.05) is 0 Å². The van der Waals surface area contributed by atoms with E-state index < -0.39 is 0 Å². The average molecular weight is 419 g/mol. The van der Waals surface area contributed by atoms with Crippen molar-refractivity contribution in [3.63, 3.8) is 0 Å². The molecular weight excluding hydrogens is 394 g/mol. The van der Waals surface area contributed by atoms with E-state index in [1.807, 2.05) is 12.1 Å². The number of piperazine rings is 1. The highest BCUT2D eigenvalue weighted by molar-refractivity contribution is 5.77. The number of rotatable bonds is 4. The summed E-state index contributed by atoms with van der Waals surface area (Å²) in [5.41, 5.74) is 3.68. The number of hydrogen-bond acceptors (Lipinski definition) is 8. The van der Waals surface area contributed by atoms with Crippen molar-refractivity contribution in [3.05, 3.63) is 54.7 Å². The highest BCUT2D eigenvalue weighted by Gasteiger charge is 2.12. The molecule has 0 saturated carbocycles. The van der Waals surface area contributed by atoms with Gasteiger partial charge in [-0.3, -0.25) is 9.89 Å². The Balaban J connectivity index is 0.000000245. The molecule has 0 aliphatic carbocycles. The van der Waals surface area contributed by atoms with Gasteiger partial charge in [0.25, 0.3) is 0 Å². The molecule has 0 atom stereocenters. The molecule has 0 radical (unpaired) electrons. The number of fused-ring (bicyclic) bond motifs is 1. The van der Waals surface area contributed by atoms with Gasteiger partial charge in [-0.2, -0.15) is 10.2 Å². The van der Waals surface area contributed by atoms with Gasteiger partial charge in [0, 0.05) is 49.2 Å². The minimum absolute atomic E-state index is 0.577. The summed E-state index contributed by atoms with van der Waals surface area (Å²) in [5, 5.41) is 14.1. The van der Waals surface area contributed by atoms with Gasteiger partial charge in [-0.25, -0.2) is 14.5 Å². The Morgan fingerprint density at radius 2 is 1.71 bits per heavy atom. The van der Waals surface area contributed by atoms with Gasteiger partial charge in [0.15, 0.2) is 11.5 Å². The number of aldehydes is 1. The predicted molar refractivity (Wildman–Crippen MR) is 118 cm³/mol. The van der Waals surface area contributed by atoms with E-state index in [4.69, 9.17) is 0 Å². The van der Waals surface area contributed by atoms with Crippen LogP contribution in [0.3, 0.4) is 0 Å². The second kappa shape index (κ2) is 9.45. The number of carbonyl (C=O) groups is 1. The average Bonchev–Trinajstić information content (AvgIpc) is 3.50. The highest BCUT2D eigenvalue weighted by atomic mass is 16.1. The molecule has 4 heterocycles. The molecule has 1 saturated heterocycles. The predicted octanol–water partition coefficient (Wildman–Crippen LogP) is 1.93. The van der Waals surface area contributed by atoms with Gasteiger partial charge in [-0.05, 0) is 38.4 Å². The second-order valence-electron chi connectivity index (χ2n) is 7.45. The van der Waals surface area contributed by atoms with Crippen molar-refractivity contribution < 1.29 is 4.79 Å². The van der Waals surface area contributed by atoms with E-state index >= 15 is 0 Å². The van der Waals surface area contributed by atoms with Gasteiger partial charge < -0.3 is 15.1 Å². The lowest BCUT2D eigenvalue weighted by Gasteiger charge is -2.28.